The van der Waals surface area contributed by atoms with Gasteiger partial charge in [0.1, 0.15) is 0 Å². The third-order valence-corrected chi connectivity index (χ3v) is 36.1. The molecule has 17 heteroatoms. The monoisotopic (exact) mass is 2050 g/mol. The molecule has 0 aliphatic rings. The third kappa shape index (κ3) is 37.5. The predicted molar refractivity (Wildman–Crippen MR) is 586 cm³/mol. The van der Waals surface area contributed by atoms with Crippen molar-refractivity contribution >= 4 is 144 Å². The molecule has 676 valence electrons. The van der Waals surface area contributed by atoms with E-state index in [1.54, 1.807) is 0 Å². The van der Waals surface area contributed by atoms with Crippen molar-refractivity contribution in [2.75, 3.05) is 0 Å². The van der Waals surface area contributed by atoms with Gasteiger partial charge in [0, 0.05) is 32.6 Å². The average molecular weight is 2050 g/mol. The smallest absolute Gasteiger partial charge is 2.00 e. The van der Waals surface area contributed by atoms with Crippen molar-refractivity contribution < 1.29 is 81.9 Å². The van der Waals surface area contributed by atoms with E-state index in [9.17, 15) is 0 Å². The predicted octanol–water partition coefficient (Wildman–Crippen LogP) is 19.4. The maximum atomic E-state index is 4.51. The van der Waals surface area contributed by atoms with Gasteiger partial charge in [-0.3, -0.25) is 0 Å². The molecule has 6 heterocycles. The second-order valence-electron chi connectivity index (χ2n) is 29.4. The van der Waals surface area contributed by atoms with E-state index in [1.165, 1.54) is 96.3 Å². The second-order valence-corrected chi connectivity index (χ2v) is 43.9. The van der Waals surface area contributed by atoms with Crippen LogP contribution in [-0.4, -0.2) is 0 Å². The molecule has 0 aliphatic heterocycles. The van der Waals surface area contributed by atoms with Crippen LogP contribution >= 0.6 is 47.5 Å². The molecule has 0 saturated carbocycles. The van der Waals surface area contributed by atoms with Crippen molar-refractivity contribution in [3.05, 3.63) is 620 Å². The van der Waals surface area contributed by atoms with Crippen LogP contribution in [-0.2, 0) is 81.9 Å². The van der Waals surface area contributed by atoms with E-state index in [2.05, 4.69) is 430 Å². The number of aromatic nitrogens is 6. The van der Waals surface area contributed by atoms with Gasteiger partial charge in [0.05, 0.1) is 111 Å². The average Bonchev–Trinajstić information content (AvgIpc) is 1.84. The van der Waals surface area contributed by atoms with Crippen molar-refractivity contribution in [1.29, 1.82) is 0 Å². The van der Waals surface area contributed by atoms with Gasteiger partial charge >= 0.3 is 76.4 Å². The van der Waals surface area contributed by atoms with E-state index in [-0.39, 0.29) is 81.9 Å². The fourth-order valence-electron chi connectivity index (χ4n) is 14.3. The molecule has 0 aliphatic carbocycles. The van der Waals surface area contributed by atoms with Crippen LogP contribution in [0.15, 0.2) is 620 Å². The Balaban J connectivity index is 0.000000191. The summed E-state index contributed by atoms with van der Waals surface area (Å²) in [6.45, 7) is 0. The molecular weight excluding hydrogens is 1940 g/mol. The second kappa shape index (κ2) is 66.6. The first kappa shape index (κ1) is 110. The van der Waals surface area contributed by atoms with E-state index in [1.807, 2.05) is 219 Å². The number of benzene rings is 16. The van der Waals surface area contributed by atoms with Crippen molar-refractivity contribution in [3.63, 3.8) is 0 Å². The molecule has 0 radical (unpaired) electrons. The summed E-state index contributed by atoms with van der Waals surface area (Å²) in [5, 5.41) is 16.6. The SMILES string of the molecule is [Ni+2].[Ni+2].[O-2].[Ti+2].[Ti+2].c1ccc([PH+](c2ccccc2)c2ccc[n-]2)cc1.c1ccc([PH+](c2ccccc2)c2ccc[n-]2)cc1.c1ccc([PH+](c2ccccc2)c2ccc[n-]2)cc1.c1ccc([PH+](c2ccccc2)c2ccc[n-]2)cc1.c1ccc([PH+](c2ccccc2)c2ccc[n-]2)cc1.c1ccc([PH+](c2ccccc2)c2ccc[n-]2)cc1.c1ccccc1.c1ccccc1.c1ccccc1.c1ccccc1. The molecule has 0 atom stereocenters. The molecule has 0 spiro atoms. The Hall–Kier alpha value is -11.8. The Labute approximate surface area is 867 Å². The van der Waals surface area contributed by atoms with Gasteiger partial charge in [-0.15, -0.1) is 0 Å². The zero-order chi connectivity index (χ0) is 90.2. The summed E-state index contributed by atoms with van der Waals surface area (Å²) in [5.41, 5.74) is 7.24. The maximum Gasteiger partial charge on any atom is 2.00 e. The largest absolute Gasteiger partial charge is 2.00 e. The Bertz CT molecular complexity index is 5130. The third-order valence-electron chi connectivity index (χ3n) is 20.3. The van der Waals surface area contributed by atoms with Gasteiger partial charge < -0.3 is 35.4 Å². The molecular formula is C120H108N6Ni2OP6Ti2+6. The summed E-state index contributed by atoms with van der Waals surface area (Å²) in [6, 6.07) is 201. The van der Waals surface area contributed by atoms with Crippen LogP contribution < -0.4 is 126 Å². The van der Waals surface area contributed by atoms with E-state index < -0.39 is 47.5 Å². The fourth-order valence-corrected chi connectivity index (χ4v) is 28.9. The van der Waals surface area contributed by atoms with Crippen molar-refractivity contribution in [2.24, 2.45) is 0 Å². The first-order chi connectivity index (χ1) is 65.7. The number of hydrogen-bond acceptors (Lipinski definition) is 0. The summed E-state index contributed by atoms with van der Waals surface area (Å²) in [4.78, 5) is 27.1. The molecule has 7 nitrogen and oxygen atoms in total. The molecule has 0 fully saturated rings. The van der Waals surface area contributed by atoms with E-state index >= 15 is 0 Å². The van der Waals surface area contributed by atoms with Crippen LogP contribution in [0.5, 0.6) is 0 Å². The van der Waals surface area contributed by atoms with Gasteiger partial charge in [0.15, 0.2) is 0 Å². The van der Waals surface area contributed by atoms with Crippen molar-refractivity contribution in [1.82, 2.24) is 29.9 Å². The Kier molecular flexibility index (Phi) is 53.7. The van der Waals surface area contributed by atoms with Crippen LogP contribution in [0.3, 0.4) is 0 Å². The van der Waals surface area contributed by atoms with Crippen LogP contribution in [0, 0.1) is 0 Å². The minimum atomic E-state index is -0.945. The van der Waals surface area contributed by atoms with Crippen LogP contribution in [0.1, 0.15) is 0 Å². The van der Waals surface area contributed by atoms with E-state index in [0.29, 0.717) is 0 Å². The molecule has 0 N–H and O–H groups in total. The normalized spacial score (nSPS) is 9.85. The summed E-state index contributed by atoms with van der Waals surface area (Å²) >= 11 is 0. The van der Waals surface area contributed by atoms with Gasteiger partial charge in [-0.1, -0.05) is 400 Å². The van der Waals surface area contributed by atoms with Crippen LogP contribution in [0.25, 0.3) is 0 Å². The molecule has 16 aromatic carbocycles. The summed E-state index contributed by atoms with van der Waals surface area (Å²) in [5.74, 6) is 0. The Morgan fingerprint density at radius 1 is 0.102 bits per heavy atom. The van der Waals surface area contributed by atoms with Gasteiger partial charge in [-0.2, -0.15) is 37.2 Å². The summed E-state index contributed by atoms with van der Waals surface area (Å²) in [6.07, 6.45) is 11.3. The molecule has 137 heavy (non-hydrogen) atoms. The zero-order valence-corrected chi connectivity index (χ0v) is 86.7. The van der Waals surface area contributed by atoms with Crippen LogP contribution in [0.2, 0.25) is 0 Å². The van der Waals surface area contributed by atoms with Crippen molar-refractivity contribution in [3.8, 4) is 0 Å². The molecule has 0 bridgehead atoms. The van der Waals surface area contributed by atoms with E-state index in [0.717, 1.165) is 0 Å². The van der Waals surface area contributed by atoms with Gasteiger partial charge in [0.2, 0.25) is 0 Å². The van der Waals surface area contributed by atoms with Crippen molar-refractivity contribution in [2.45, 2.75) is 0 Å². The standard InChI is InChI=1S/6C16H13NP.4C6H6.2Ni.O.2Ti/c6*1-3-8-14(9-4-1)18(16-12-7-13-17-16)15-10-5-2-6-11-15;4*1-2-4-6-5-3-1;;;;;/h6*1-13H;4*1-6H;;;;;/q6*-1;;;;;2*+2;-2;2*+2/p+6. The first-order valence-corrected chi connectivity index (χ1v) is 53.1. The Morgan fingerprint density at radius 3 is 0.241 bits per heavy atom. The van der Waals surface area contributed by atoms with Gasteiger partial charge in [0.25, 0.3) is 0 Å². The number of nitrogens with zero attached hydrogens (tertiary/aromatic N) is 6. The minimum Gasteiger partial charge on any atom is -2.00 e. The molecule has 6 aromatic heterocycles. The molecule has 0 amide bonds. The molecule has 22 rings (SSSR count). The maximum absolute atomic E-state index is 4.51. The topological polar surface area (TPSA) is 113 Å². The molecule has 22 aromatic rings. The first-order valence-electron chi connectivity index (χ1n) is 44.1. The number of hydrogen-bond donors (Lipinski definition) is 0. The van der Waals surface area contributed by atoms with Crippen LogP contribution in [0.4, 0.5) is 0 Å². The van der Waals surface area contributed by atoms with E-state index in [4.69, 9.17) is 0 Å². The zero-order valence-electron chi connectivity index (χ0n) is 75.6. The quantitative estimate of drug-likeness (QED) is 0.0625. The van der Waals surface area contributed by atoms with Gasteiger partial charge in [-0.05, 0) is 182 Å². The molecule has 0 unspecified atom stereocenters. The molecule has 0 saturated heterocycles. The summed E-state index contributed by atoms with van der Waals surface area (Å²) in [7, 11) is -5.67. The fraction of sp³-hybridized carbons (Fsp3) is 0. The summed E-state index contributed by atoms with van der Waals surface area (Å²) < 4.78 is 0. The van der Waals surface area contributed by atoms with Gasteiger partial charge in [-0.25, -0.2) is 0 Å². The number of rotatable bonds is 18. The minimum absolute atomic E-state index is 0. The Morgan fingerprint density at radius 2 is 0.175 bits per heavy atom.